The topological polar surface area (TPSA) is 133 Å². The Bertz CT molecular complexity index is 1110. The van der Waals surface area contributed by atoms with Gasteiger partial charge in [-0.3, -0.25) is 0 Å². The van der Waals surface area contributed by atoms with Crippen molar-refractivity contribution < 1.29 is 0 Å². The largest absolute Gasteiger partial charge is 0.341 e. The van der Waals surface area contributed by atoms with Gasteiger partial charge < -0.3 is 15.5 Å². The SMILES string of the molecule is NCCC1CC1C1CCN(c2ncc(Cl)cn2)CC1.[N-]=[N+]=NCCC1CC1C1CCN(c2ncc(Cl)cn2)CC1. The molecule has 4 unspecified atom stereocenters. The number of rotatable bonds is 9. The van der Waals surface area contributed by atoms with Crippen LogP contribution in [0.3, 0.4) is 0 Å². The van der Waals surface area contributed by atoms with Gasteiger partial charge in [0.15, 0.2) is 0 Å². The van der Waals surface area contributed by atoms with Crippen LogP contribution in [0.15, 0.2) is 29.9 Å². The second-order valence-electron chi connectivity index (χ2n) is 11.7. The zero-order valence-corrected chi connectivity index (χ0v) is 24.5. The molecule has 2 saturated heterocycles. The van der Waals surface area contributed by atoms with Crippen molar-refractivity contribution >= 4 is 35.1 Å². The van der Waals surface area contributed by atoms with E-state index in [4.69, 9.17) is 34.5 Å². The van der Waals surface area contributed by atoms with E-state index >= 15 is 0 Å². The minimum Gasteiger partial charge on any atom is -0.341 e. The van der Waals surface area contributed by atoms with Crippen LogP contribution in [-0.4, -0.2) is 59.2 Å². The predicted octanol–water partition coefficient (Wildman–Crippen LogP) is 6.01. The maximum atomic E-state index is 8.30. The van der Waals surface area contributed by atoms with E-state index in [0.29, 0.717) is 16.6 Å². The lowest BCUT2D eigenvalue weighted by atomic mass is 9.90. The molecule has 2 N–H and O–H groups in total. The minimum absolute atomic E-state index is 0.578. The molecule has 10 nitrogen and oxygen atoms in total. The Labute approximate surface area is 246 Å². The monoisotopic (exact) mass is 586 g/mol. The van der Waals surface area contributed by atoms with Crippen LogP contribution in [0.4, 0.5) is 11.9 Å². The Balaban J connectivity index is 0.000000162. The average Bonchev–Trinajstić information content (AvgIpc) is 3.92. The standard InChI is InChI=1S/C14H19ClN6.C14H21ClN4/c15-12-8-17-14(18-9-12)21-5-2-10(3-6-21)13-7-11(13)1-4-19-20-16;15-12-8-17-14(18-9-12)19-5-2-10(3-6-19)13-7-11(13)1-4-16/h8-11,13H,1-7H2;8-11,13H,1-7,16H2. The van der Waals surface area contributed by atoms with Crippen molar-refractivity contribution in [2.75, 3.05) is 49.1 Å². The highest BCUT2D eigenvalue weighted by molar-refractivity contribution is 6.30. The van der Waals surface area contributed by atoms with Gasteiger partial charge in [0.2, 0.25) is 11.9 Å². The van der Waals surface area contributed by atoms with E-state index in [9.17, 15) is 0 Å². The van der Waals surface area contributed by atoms with Crippen LogP contribution >= 0.6 is 23.2 Å². The van der Waals surface area contributed by atoms with Gasteiger partial charge in [-0.25, -0.2) is 19.9 Å². The van der Waals surface area contributed by atoms with Gasteiger partial charge in [-0.05, 0) is 98.9 Å². The Morgan fingerprint density at radius 3 is 1.60 bits per heavy atom. The summed E-state index contributed by atoms with van der Waals surface area (Å²) in [6, 6.07) is 0. The molecule has 0 radical (unpaired) electrons. The number of aromatic nitrogens is 4. The first-order chi connectivity index (χ1) is 19.6. The van der Waals surface area contributed by atoms with Gasteiger partial charge >= 0.3 is 0 Å². The van der Waals surface area contributed by atoms with E-state index in [2.05, 4.69) is 39.8 Å². The molecule has 40 heavy (non-hydrogen) atoms. The molecule has 0 spiro atoms. The third-order valence-corrected chi connectivity index (χ3v) is 9.61. The fraction of sp³-hybridized carbons (Fsp3) is 0.714. The summed E-state index contributed by atoms with van der Waals surface area (Å²) in [5, 5.41) is 4.81. The molecule has 4 aliphatic rings. The van der Waals surface area contributed by atoms with E-state index in [-0.39, 0.29) is 0 Å². The van der Waals surface area contributed by atoms with Crippen molar-refractivity contribution in [2.24, 2.45) is 46.4 Å². The maximum Gasteiger partial charge on any atom is 0.225 e. The number of anilines is 2. The molecule has 2 aromatic heterocycles. The van der Waals surface area contributed by atoms with E-state index in [1.54, 1.807) is 24.8 Å². The summed E-state index contributed by atoms with van der Waals surface area (Å²) in [7, 11) is 0. The second-order valence-corrected chi connectivity index (χ2v) is 12.6. The number of azide groups is 1. The van der Waals surface area contributed by atoms with Crippen LogP contribution in [0.25, 0.3) is 10.4 Å². The lowest BCUT2D eigenvalue weighted by molar-refractivity contribution is 0.342. The lowest BCUT2D eigenvalue weighted by Gasteiger charge is -2.32. The highest BCUT2D eigenvalue weighted by atomic mass is 35.5. The third kappa shape index (κ3) is 7.87. The molecule has 0 aromatic carbocycles. The normalized spacial score (nSPS) is 26.5. The Morgan fingerprint density at radius 1 is 0.775 bits per heavy atom. The molecule has 4 fully saturated rings. The van der Waals surface area contributed by atoms with Gasteiger partial charge in [-0.2, -0.15) is 0 Å². The smallest absolute Gasteiger partial charge is 0.225 e. The summed E-state index contributed by atoms with van der Waals surface area (Å²) in [6.07, 6.45) is 16.6. The van der Waals surface area contributed by atoms with E-state index in [1.165, 1.54) is 44.9 Å². The van der Waals surface area contributed by atoms with Gasteiger partial charge in [0, 0.05) is 37.6 Å². The summed E-state index contributed by atoms with van der Waals surface area (Å²) in [5.74, 6) is 6.77. The summed E-state index contributed by atoms with van der Waals surface area (Å²) in [6.45, 7) is 5.67. The highest BCUT2D eigenvalue weighted by Gasteiger charge is 2.43. The molecule has 4 heterocycles. The number of nitrogens with zero attached hydrogens (tertiary/aromatic N) is 9. The Kier molecular flexibility index (Phi) is 10.2. The quantitative estimate of drug-likeness (QED) is 0.216. The first-order valence-electron chi connectivity index (χ1n) is 14.7. The van der Waals surface area contributed by atoms with Crippen molar-refractivity contribution in [2.45, 2.75) is 51.4 Å². The van der Waals surface area contributed by atoms with Gasteiger partial charge in [0.05, 0.1) is 34.8 Å². The van der Waals surface area contributed by atoms with Crippen molar-refractivity contribution in [3.05, 3.63) is 45.3 Å². The fourth-order valence-electron chi connectivity index (χ4n) is 6.84. The van der Waals surface area contributed by atoms with Crippen LogP contribution in [0.2, 0.25) is 10.0 Å². The molecule has 2 saturated carbocycles. The van der Waals surface area contributed by atoms with Gasteiger partial charge in [-0.15, -0.1) is 0 Å². The number of hydrogen-bond acceptors (Lipinski definition) is 8. The molecule has 4 atom stereocenters. The lowest BCUT2D eigenvalue weighted by Crippen LogP contribution is -2.35. The number of piperidine rings is 2. The Hall–Kier alpha value is -2.39. The van der Waals surface area contributed by atoms with Crippen LogP contribution < -0.4 is 15.5 Å². The molecule has 2 aromatic rings. The summed E-state index contributed by atoms with van der Waals surface area (Å²) in [5.41, 5.74) is 13.9. The average molecular weight is 588 g/mol. The highest BCUT2D eigenvalue weighted by Crippen LogP contribution is 2.50. The first-order valence-corrected chi connectivity index (χ1v) is 15.5. The predicted molar refractivity (Wildman–Crippen MR) is 159 cm³/mol. The first kappa shape index (κ1) is 29.1. The maximum absolute atomic E-state index is 8.30. The van der Waals surface area contributed by atoms with E-state index < -0.39 is 0 Å². The molecule has 216 valence electrons. The molecule has 0 bridgehead atoms. The zero-order chi connectivity index (χ0) is 27.9. The second kappa shape index (κ2) is 14.0. The number of halogens is 2. The molecule has 2 aliphatic heterocycles. The molecule has 6 rings (SSSR count). The zero-order valence-electron chi connectivity index (χ0n) is 23.0. The number of nitrogens with two attached hydrogens (primary N) is 1. The molecular weight excluding hydrogens is 547 g/mol. The fourth-order valence-corrected chi connectivity index (χ4v) is 7.03. The minimum atomic E-state index is 0.578. The van der Waals surface area contributed by atoms with Crippen molar-refractivity contribution in [3.8, 4) is 0 Å². The summed E-state index contributed by atoms with van der Waals surface area (Å²) in [4.78, 5) is 24.5. The van der Waals surface area contributed by atoms with Gasteiger partial charge in [-0.1, -0.05) is 28.3 Å². The molecule has 0 amide bonds. The van der Waals surface area contributed by atoms with E-state index in [0.717, 1.165) is 86.5 Å². The summed E-state index contributed by atoms with van der Waals surface area (Å²) >= 11 is 11.6. The van der Waals surface area contributed by atoms with Crippen LogP contribution in [0.1, 0.15) is 51.4 Å². The number of hydrogen-bond donors (Lipinski definition) is 1. The Morgan fingerprint density at radius 2 is 1.20 bits per heavy atom. The third-order valence-electron chi connectivity index (χ3n) is 9.22. The van der Waals surface area contributed by atoms with Gasteiger partial charge in [0.1, 0.15) is 0 Å². The van der Waals surface area contributed by atoms with E-state index in [1.807, 2.05) is 0 Å². The summed E-state index contributed by atoms with van der Waals surface area (Å²) < 4.78 is 0. The van der Waals surface area contributed by atoms with Crippen molar-refractivity contribution in [1.29, 1.82) is 0 Å². The van der Waals surface area contributed by atoms with Crippen molar-refractivity contribution in [1.82, 2.24) is 19.9 Å². The molecule has 2 aliphatic carbocycles. The molecule has 12 heteroatoms. The van der Waals surface area contributed by atoms with Crippen LogP contribution in [-0.2, 0) is 0 Å². The van der Waals surface area contributed by atoms with Gasteiger partial charge in [0.25, 0.3) is 0 Å². The van der Waals surface area contributed by atoms with Crippen LogP contribution in [0.5, 0.6) is 0 Å². The van der Waals surface area contributed by atoms with Crippen LogP contribution in [0, 0.1) is 35.5 Å². The molecular formula is C28H40Cl2N10. The van der Waals surface area contributed by atoms with Crippen molar-refractivity contribution in [3.63, 3.8) is 0 Å².